The highest BCUT2D eigenvalue weighted by atomic mass is 16.7. The Kier molecular flexibility index (Phi) is 3.75. The SMILES string of the molecule is NOCCC1CCCCN1c1ccc2c(c1)OCO2. The van der Waals surface area contributed by atoms with Gasteiger partial charge in [-0.05, 0) is 37.8 Å². The Morgan fingerprint density at radius 3 is 3.05 bits per heavy atom. The predicted octanol–water partition coefficient (Wildman–Crippen LogP) is 2.05. The van der Waals surface area contributed by atoms with E-state index in [1.807, 2.05) is 6.07 Å². The third-order valence-electron chi connectivity index (χ3n) is 3.88. The quantitative estimate of drug-likeness (QED) is 0.843. The molecule has 0 amide bonds. The highest BCUT2D eigenvalue weighted by molar-refractivity contribution is 5.57. The molecule has 3 rings (SSSR count). The molecule has 1 saturated heterocycles. The van der Waals surface area contributed by atoms with E-state index >= 15 is 0 Å². The molecular formula is C14H20N2O3. The molecule has 1 unspecified atom stereocenters. The number of anilines is 1. The van der Waals surface area contributed by atoms with Gasteiger partial charge in [-0.25, -0.2) is 5.90 Å². The van der Waals surface area contributed by atoms with E-state index in [4.69, 9.17) is 20.2 Å². The Bertz CT molecular complexity index is 439. The van der Waals surface area contributed by atoms with Gasteiger partial charge >= 0.3 is 0 Å². The van der Waals surface area contributed by atoms with Crippen LogP contribution in [0.15, 0.2) is 18.2 Å². The van der Waals surface area contributed by atoms with Crippen molar-refractivity contribution in [3.05, 3.63) is 18.2 Å². The zero-order valence-electron chi connectivity index (χ0n) is 11.0. The summed E-state index contributed by atoms with van der Waals surface area (Å²) in [6, 6.07) is 6.67. The van der Waals surface area contributed by atoms with E-state index in [2.05, 4.69) is 17.0 Å². The summed E-state index contributed by atoms with van der Waals surface area (Å²) in [4.78, 5) is 7.17. The first kappa shape index (κ1) is 12.6. The van der Waals surface area contributed by atoms with Crippen molar-refractivity contribution < 1.29 is 14.3 Å². The molecule has 5 heteroatoms. The number of hydrogen-bond acceptors (Lipinski definition) is 5. The average molecular weight is 264 g/mol. The second-order valence-corrected chi connectivity index (χ2v) is 5.04. The fourth-order valence-corrected chi connectivity index (χ4v) is 2.91. The van der Waals surface area contributed by atoms with Crippen LogP contribution in [0.4, 0.5) is 5.69 Å². The van der Waals surface area contributed by atoms with E-state index in [1.165, 1.54) is 24.9 Å². The van der Waals surface area contributed by atoms with Crippen LogP contribution in [-0.4, -0.2) is 26.0 Å². The zero-order chi connectivity index (χ0) is 13.1. The Hall–Kier alpha value is -1.46. The van der Waals surface area contributed by atoms with Crippen molar-refractivity contribution in [3.63, 3.8) is 0 Å². The molecule has 1 aromatic carbocycles. The van der Waals surface area contributed by atoms with Gasteiger partial charge in [0.25, 0.3) is 0 Å². The molecule has 0 spiro atoms. The molecule has 2 N–H and O–H groups in total. The maximum atomic E-state index is 5.45. The predicted molar refractivity (Wildman–Crippen MR) is 72.3 cm³/mol. The van der Waals surface area contributed by atoms with Crippen LogP contribution in [0.1, 0.15) is 25.7 Å². The van der Waals surface area contributed by atoms with Crippen LogP contribution in [0.3, 0.4) is 0 Å². The van der Waals surface area contributed by atoms with Crippen LogP contribution in [0.2, 0.25) is 0 Å². The van der Waals surface area contributed by atoms with Gasteiger partial charge in [-0.3, -0.25) is 0 Å². The summed E-state index contributed by atoms with van der Waals surface area (Å²) in [5, 5.41) is 0. The van der Waals surface area contributed by atoms with Gasteiger partial charge < -0.3 is 19.2 Å². The van der Waals surface area contributed by atoms with Crippen molar-refractivity contribution in [2.24, 2.45) is 5.90 Å². The molecule has 5 nitrogen and oxygen atoms in total. The monoisotopic (exact) mass is 264 g/mol. The minimum atomic E-state index is 0.323. The molecule has 0 saturated carbocycles. The van der Waals surface area contributed by atoms with E-state index in [-0.39, 0.29) is 0 Å². The van der Waals surface area contributed by atoms with Crippen LogP contribution in [-0.2, 0) is 4.84 Å². The number of benzene rings is 1. The number of ether oxygens (including phenoxy) is 2. The molecular weight excluding hydrogens is 244 g/mol. The number of nitrogens with zero attached hydrogens (tertiary/aromatic N) is 1. The van der Waals surface area contributed by atoms with Crippen molar-refractivity contribution >= 4 is 5.69 Å². The molecule has 2 aliphatic rings. The van der Waals surface area contributed by atoms with Crippen LogP contribution >= 0.6 is 0 Å². The Balaban J connectivity index is 1.78. The maximum absolute atomic E-state index is 5.45. The summed E-state index contributed by atoms with van der Waals surface area (Å²) in [6.45, 7) is 2.00. The topological polar surface area (TPSA) is 57.0 Å². The summed E-state index contributed by atoms with van der Waals surface area (Å²) in [5.41, 5.74) is 1.20. The van der Waals surface area contributed by atoms with Crippen LogP contribution < -0.4 is 20.3 Å². The zero-order valence-corrected chi connectivity index (χ0v) is 11.0. The van der Waals surface area contributed by atoms with Gasteiger partial charge in [-0.15, -0.1) is 0 Å². The third kappa shape index (κ3) is 2.62. The third-order valence-corrected chi connectivity index (χ3v) is 3.88. The molecule has 1 atom stereocenters. The molecule has 104 valence electrons. The van der Waals surface area contributed by atoms with Crippen molar-refractivity contribution in [3.8, 4) is 11.5 Å². The van der Waals surface area contributed by atoms with Gasteiger partial charge in [-0.2, -0.15) is 0 Å². The minimum absolute atomic E-state index is 0.323. The lowest BCUT2D eigenvalue weighted by Crippen LogP contribution is -2.40. The van der Waals surface area contributed by atoms with Crippen LogP contribution in [0.5, 0.6) is 11.5 Å². The standard InChI is InChI=1S/C14H20N2O3/c15-19-8-6-11-3-1-2-7-16(11)12-4-5-13-14(9-12)18-10-17-13/h4-5,9,11H,1-3,6-8,10,15H2. The number of nitrogens with two attached hydrogens (primary N) is 1. The molecule has 0 aromatic heterocycles. The lowest BCUT2D eigenvalue weighted by molar-refractivity contribution is 0.127. The van der Waals surface area contributed by atoms with E-state index in [9.17, 15) is 0 Å². The number of fused-ring (bicyclic) bond motifs is 1. The number of piperidine rings is 1. The molecule has 0 bridgehead atoms. The fraction of sp³-hybridized carbons (Fsp3) is 0.571. The first-order valence-electron chi connectivity index (χ1n) is 6.86. The smallest absolute Gasteiger partial charge is 0.231 e. The summed E-state index contributed by atoms with van der Waals surface area (Å²) >= 11 is 0. The van der Waals surface area contributed by atoms with Crippen LogP contribution in [0, 0.1) is 0 Å². The van der Waals surface area contributed by atoms with E-state index in [1.54, 1.807) is 0 Å². The molecule has 1 aromatic rings. The molecule has 19 heavy (non-hydrogen) atoms. The summed E-state index contributed by atoms with van der Waals surface area (Å²) < 4.78 is 10.8. The second kappa shape index (κ2) is 5.67. The van der Waals surface area contributed by atoms with E-state index in [0.29, 0.717) is 19.4 Å². The highest BCUT2D eigenvalue weighted by Gasteiger charge is 2.24. The molecule has 2 heterocycles. The lowest BCUT2D eigenvalue weighted by atomic mass is 9.98. The molecule has 2 aliphatic heterocycles. The van der Waals surface area contributed by atoms with Crippen molar-refractivity contribution in [1.82, 2.24) is 0 Å². The van der Waals surface area contributed by atoms with Crippen molar-refractivity contribution in [2.75, 3.05) is 24.8 Å². The Morgan fingerprint density at radius 1 is 1.26 bits per heavy atom. The van der Waals surface area contributed by atoms with Crippen molar-refractivity contribution in [2.45, 2.75) is 31.7 Å². The van der Waals surface area contributed by atoms with Gasteiger partial charge in [0.05, 0.1) is 6.61 Å². The number of hydrogen-bond donors (Lipinski definition) is 1. The minimum Gasteiger partial charge on any atom is -0.454 e. The van der Waals surface area contributed by atoms with Gasteiger partial charge in [-0.1, -0.05) is 0 Å². The fourth-order valence-electron chi connectivity index (χ4n) is 2.91. The van der Waals surface area contributed by atoms with Gasteiger partial charge in [0.1, 0.15) is 0 Å². The first-order chi connectivity index (χ1) is 9.38. The maximum Gasteiger partial charge on any atom is 0.231 e. The summed E-state index contributed by atoms with van der Waals surface area (Å²) in [5.74, 6) is 6.83. The van der Waals surface area contributed by atoms with Gasteiger partial charge in [0, 0.05) is 24.3 Å². The molecule has 0 aliphatic carbocycles. The molecule has 1 fully saturated rings. The van der Waals surface area contributed by atoms with Crippen LogP contribution in [0.25, 0.3) is 0 Å². The number of rotatable bonds is 4. The summed E-state index contributed by atoms with van der Waals surface area (Å²) in [7, 11) is 0. The normalized spacial score (nSPS) is 21.7. The Morgan fingerprint density at radius 2 is 2.16 bits per heavy atom. The second-order valence-electron chi connectivity index (χ2n) is 5.04. The first-order valence-corrected chi connectivity index (χ1v) is 6.86. The largest absolute Gasteiger partial charge is 0.454 e. The lowest BCUT2D eigenvalue weighted by Gasteiger charge is -2.37. The van der Waals surface area contributed by atoms with E-state index < -0.39 is 0 Å². The Labute approximate surface area is 113 Å². The van der Waals surface area contributed by atoms with Gasteiger partial charge in [0.2, 0.25) is 6.79 Å². The van der Waals surface area contributed by atoms with E-state index in [0.717, 1.165) is 24.5 Å². The average Bonchev–Trinajstić information content (AvgIpc) is 2.92. The highest BCUT2D eigenvalue weighted by Crippen LogP contribution is 2.37. The van der Waals surface area contributed by atoms with Crippen molar-refractivity contribution in [1.29, 1.82) is 0 Å². The molecule has 0 radical (unpaired) electrons. The summed E-state index contributed by atoms with van der Waals surface area (Å²) in [6.07, 6.45) is 4.66. The van der Waals surface area contributed by atoms with Gasteiger partial charge in [0.15, 0.2) is 11.5 Å².